The SMILES string of the molecule is CCCCCCCCNS(=O)(=O)c1cc(F)ccc1F. The summed E-state index contributed by atoms with van der Waals surface area (Å²) >= 11 is 0. The van der Waals surface area contributed by atoms with E-state index in [1.165, 1.54) is 6.42 Å². The molecule has 1 rings (SSSR count). The standard InChI is InChI=1S/C14H21F2NO2S/c1-2-3-4-5-6-7-10-17-20(18,19)14-11-12(15)8-9-13(14)16/h8-9,11,17H,2-7,10H2,1H3. The monoisotopic (exact) mass is 305 g/mol. The van der Waals surface area contributed by atoms with Gasteiger partial charge in [-0.05, 0) is 24.6 Å². The highest BCUT2D eigenvalue weighted by atomic mass is 32.2. The van der Waals surface area contributed by atoms with Crippen molar-refractivity contribution < 1.29 is 17.2 Å². The molecule has 0 radical (unpaired) electrons. The largest absolute Gasteiger partial charge is 0.243 e. The molecule has 0 bridgehead atoms. The predicted octanol–water partition coefficient (Wildman–Crippen LogP) is 3.60. The maximum absolute atomic E-state index is 13.4. The Morgan fingerprint density at radius 3 is 2.40 bits per heavy atom. The van der Waals surface area contributed by atoms with Crippen LogP contribution in [-0.4, -0.2) is 15.0 Å². The number of halogens is 2. The van der Waals surface area contributed by atoms with Crippen LogP contribution >= 0.6 is 0 Å². The highest BCUT2D eigenvalue weighted by molar-refractivity contribution is 7.89. The summed E-state index contributed by atoms with van der Waals surface area (Å²) in [6, 6.07) is 2.40. The number of unbranched alkanes of at least 4 members (excludes halogenated alkanes) is 5. The third-order valence-electron chi connectivity index (χ3n) is 3.01. The first-order valence-electron chi connectivity index (χ1n) is 6.92. The van der Waals surface area contributed by atoms with E-state index in [0.29, 0.717) is 12.5 Å². The predicted molar refractivity (Wildman–Crippen MR) is 74.9 cm³/mol. The maximum atomic E-state index is 13.4. The Morgan fingerprint density at radius 2 is 1.70 bits per heavy atom. The molecule has 6 heteroatoms. The summed E-state index contributed by atoms with van der Waals surface area (Å²) in [5.41, 5.74) is 0. The van der Waals surface area contributed by atoms with Crippen molar-refractivity contribution in [2.45, 2.75) is 50.3 Å². The number of nitrogens with one attached hydrogen (secondary N) is 1. The molecule has 20 heavy (non-hydrogen) atoms. The van der Waals surface area contributed by atoms with Crippen LogP contribution in [0.3, 0.4) is 0 Å². The van der Waals surface area contributed by atoms with Gasteiger partial charge in [0.25, 0.3) is 0 Å². The van der Waals surface area contributed by atoms with Crippen molar-refractivity contribution in [1.82, 2.24) is 4.72 Å². The molecule has 1 aromatic carbocycles. The van der Waals surface area contributed by atoms with Gasteiger partial charge in [-0.1, -0.05) is 39.0 Å². The van der Waals surface area contributed by atoms with E-state index in [9.17, 15) is 17.2 Å². The average Bonchev–Trinajstić information content (AvgIpc) is 2.40. The van der Waals surface area contributed by atoms with Crippen LogP contribution in [0.5, 0.6) is 0 Å². The highest BCUT2D eigenvalue weighted by Gasteiger charge is 2.19. The van der Waals surface area contributed by atoms with E-state index in [0.717, 1.165) is 37.8 Å². The van der Waals surface area contributed by atoms with Crippen LogP contribution in [0.15, 0.2) is 23.1 Å². The van der Waals surface area contributed by atoms with Crippen LogP contribution in [0, 0.1) is 11.6 Å². The third kappa shape index (κ3) is 5.54. The van der Waals surface area contributed by atoms with Gasteiger partial charge in [-0.15, -0.1) is 0 Å². The molecule has 1 N–H and O–H groups in total. The lowest BCUT2D eigenvalue weighted by atomic mass is 10.1. The lowest BCUT2D eigenvalue weighted by Gasteiger charge is -2.07. The van der Waals surface area contributed by atoms with Gasteiger partial charge in [-0.25, -0.2) is 21.9 Å². The van der Waals surface area contributed by atoms with Crippen molar-refractivity contribution in [3.05, 3.63) is 29.8 Å². The molecule has 0 aliphatic heterocycles. The first kappa shape index (κ1) is 17.0. The van der Waals surface area contributed by atoms with Gasteiger partial charge in [0.2, 0.25) is 10.0 Å². The summed E-state index contributed by atoms with van der Waals surface area (Å²) in [6.45, 7) is 2.37. The maximum Gasteiger partial charge on any atom is 0.243 e. The second kappa shape index (κ2) is 8.32. The summed E-state index contributed by atoms with van der Waals surface area (Å²) in [5.74, 6) is -1.71. The normalized spacial score (nSPS) is 11.8. The fraction of sp³-hybridized carbons (Fsp3) is 0.571. The zero-order valence-electron chi connectivity index (χ0n) is 11.7. The Labute approximate surface area is 119 Å². The van der Waals surface area contributed by atoms with Gasteiger partial charge < -0.3 is 0 Å². The minimum atomic E-state index is -3.98. The van der Waals surface area contributed by atoms with Gasteiger partial charge in [-0.2, -0.15) is 0 Å². The molecule has 0 aromatic heterocycles. The van der Waals surface area contributed by atoms with Gasteiger partial charge in [0.1, 0.15) is 16.5 Å². The van der Waals surface area contributed by atoms with Gasteiger partial charge >= 0.3 is 0 Å². The molecule has 3 nitrogen and oxygen atoms in total. The Kier molecular flexibility index (Phi) is 7.09. The Balaban J connectivity index is 2.44. The molecule has 0 saturated carbocycles. The summed E-state index contributed by atoms with van der Waals surface area (Å²) < 4.78 is 52.3. The Hall–Kier alpha value is -1.01. The minimum Gasteiger partial charge on any atom is -0.211 e. The fourth-order valence-corrected chi connectivity index (χ4v) is 3.03. The molecule has 0 aliphatic carbocycles. The van der Waals surface area contributed by atoms with Gasteiger partial charge in [0, 0.05) is 6.54 Å². The minimum absolute atomic E-state index is 0.240. The molecule has 0 spiro atoms. The summed E-state index contributed by atoms with van der Waals surface area (Å²) in [4.78, 5) is -0.636. The van der Waals surface area contributed by atoms with Crippen LogP contribution < -0.4 is 4.72 Å². The van der Waals surface area contributed by atoms with E-state index in [2.05, 4.69) is 11.6 Å². The summed E-state index contributed by atoms with van der Waals surface area (Å²) in [6.07, 6.45) is 6.16. The molecule has 0 aliphatic rings. The lowest BCUT2D eigenvalue weighted by molar-refractivity contribution is 0.541. The highest BCUT2D eigenvalue weighted by Crippen LogP contribution is 2.15. The molecule has 0 heterocycles. The molecule has 0 unspecified atom stereocenters. The topological polar surface area (TPSA) is 46.2 Å². The zero-order chi connectivity index (χ0) is 15.0. The van der Waals surface area contributed by atoms with Gasteiger partial charge in [0.15, 0.2) is 0 Å². The summed E-state index contributed by atoms with van der Waals surface area (Å²) in [5, 5.41) is 0. The smallest absolute Gasteiger partial charge is 0.211 e. The molecular formula is C14H21F2NO2S. The van der Waals surface area contributed by atoms with Crippen molar-refractivity contribution in [3.8, 4) is 0 Å². The van der Waals surface area contributed by atoms with E-state index in [1.54, 1.807) is 0 Å². The van der Waals surface area contributed by atoms with Crippen molar-refractivity contribution >= 4 is 10.0 Å². The van der Waals surface area contributed by atoms with Crippen molar-refractivity contribution in [3.63, 3.8) is 0 Å². The van der Waals surface area contributed by atoms with Gasteiger partial charge in [0.05, 0.1) is 0 Å². The molecular weight excluding hydrogens is 284 g/mol. The number of benzene rings is 1. The van der Waals surface area contributed by atoms with Crippen LogP contribution in [0.2, 0.25) is 0 Å². The van der Waals surface area contributed by atoms with E-state index in [-0.39, 0.29) is 6.54 Å². The van der Waals surface area contributed by atoms with E-state index in [1.807, 2.05) is 0 Å². The second-order valence-corrected chi connectivity index (χ2v) is 6.48. The van der Waals surface area contributed by atoms with Crippen LogP contribution in [0.4, 0.5) is 8.78 Å². The molecule has 0 atom stereocenters. The quantitative estimate of drug-likeness (QED) is 0.709. The van der Waals surface area contributed by atoms with E-state index >= 15 is 0 Å². The zero-order valence-corrected chi connectivity index (χ0v) is 12.5. The number of rotatable bonds is 9. The van der Waals surface area contributed by atoms with Crippen LogP contribution in [0.25, 0.3) is 0 Å². The molecule has 0 fully saturated rings. The van der Waals surface area contributed by atoms with E-state index in [4.69, 9.17) is 0 Å². The molecule has 0 saturated heterocycles. The van der Waals surface area contributed by atoms with Crippen molar-refractivity contribution in [1.29, 1.82) is 0 Å². The molecule has 0 amide bonds. The number of sulfonamides is 1. The van der Waals surface area contributed by atoms with Crippen molar-refractivity contribution in [2.75, 3.05) is 6.54 Å². The lowest BCUT2D eigenvalue weighted by Crippen LogP contribution is -2.25. The van der Waals surface area contributed by atoms with Gasteiger partial charge in [-0.3, -0.25) is 0 Å². The molecule has 1 aromatic rings. The second-order valence-electron chi connectivity index (χ2n) is 4.74. The number of hydrogen-bond acceptors (Lipinski definition) is 2. The Morgan fingerprint density at radius 1 is 1.05 bits per heavy atom. The molecule has 114 valence electrons. The fourth-order valence-electron chi connectivity index (χ4n) is 1.87. The van der Waals surface area contributed by atoms with Crippen LogP contribution in [0.1, 0.15) is 45.4 Å². The number of hydrogen-bond donors (Lipinski definition) is 1. The summed E-state index contributed by atoms with van der Waals surface area (Å²) in [7, 11) is -3.98. The Bertz CT molecular complexity index is 518. The van der Waals surface area contributed by atoms with Crippen molar-refractivity contribution in [2.24, 2.45) is 0 Å². The average molecular weight is 305 g/mol. The first-order valence-corrected chi connectivity index (χ1v) is 8.40. The first-order chi connectivity index (χ1) is 9.47. The third-order valence-corrected chi connectivity index (χ3v) is 4.48. The van der Waals surface area contributed by atoms with Crippen LogP contribution in [-0.2, 0) is 10.0 Å². The van der Waals surface area contributed by atoms with E-state index < -0.39 is 26.6 Å².